The van der Waals surface area contributed by atoms with Crippen molar-refractivity contribution in [1.29, 1.82) is 0 Å². The summed E-state index contributed by atoms with van der Waals surface area (Å²) in [6.07, 6.45) is 0. The second-order valence-electron chi connectivity index (χ2n) is 3.95. The lowest BCUT2D eigenvalue weighted by Crippen LogP contribution is -2.25. The van der Waals surface area contributed by atoms with Crippen molar-refractivity contribution in [1.82, 2.24) is 9.34 Å². The van der Waals surface area contributed by atoms with E-state index in [1.165, 1.54) is 0 Å². The predicted molar refractivity (Wildman–Crippen MR) is 74.5 cm³/mol. The third-order valence-electron chi connectivity index (χ3n) is 2.67. The van der Waals surface area contributed by atoms with Crippen molar-refractivity contribution in [3.05, 3.63) is 30.3 Å². The van der Waals surface area contributed by atoms with E-state index >= 15 is 0 Å². The van der Waals surface area contributed by atoms with E-state index in [9.17, 15) is 0 Å². The molecule has 17 heavy (non-hydrogen) atoms. The van der Waals surface area contributed by atoms with Crippen LogP contribution >= 0.6 is 7.58 Å². The molecule has 5 heteroatoms. The highest BCUT2D eigenvalue weighted by Crippen LogP contribution is 2.56. The van der Waals surface area contributed by atoms with Crippen LogP contribution < -0.4 is 0 Å². The minimum absolute atomic E-state index is 0.899. The first-order valence-corrected chi connectivity index (χ1v) is 7.26. The summed E-state index contributed by atoms with van der Waals surface area (Å²) in [6, 6.07) is 9.97. The summed E-state index contributed by atoms with van der Waals surface area (Å²) in [5, 5.41) is 0. The molecule has 0 heterocycles. The van der Waals surface area contributed by atoms with E-state index in [4.69, 9.17) is 9.27 Å². The topological polar surface area (TPSA) is 28.1 Å². The normalized spacial score (nSPS) is 15.0. The Bertz CT molecular complexity index is 392. The second kappa shape index (κ2) is 6.31. The van der Waals surface area contributed by atoms with Gasteiger partial charge in [-0.25, -0.2) is 14.1 Å². The van der Waals surface area contributed by atoms with Crippen molar-refractivity contribution < 1.29 is 4.52 Å². The van der Waals surface area contributed by atoms with Crippen molar-refractivity contribution in [3.63, 3.8) is 0 Å². The van der Waals surface area contributed by atoms with E-state index in [1.807, 2.05) is 51.5 Å². The molecule has 0 bridgehead atoms. The third-order valence-corrected chi connectivity index (χ3v) is 5.87. The Balaban J connectivity index is 3.27. The molecule has 1 aromatic carbocycles. The predicted octanol–water partition coefficient (Wildman–Crippen LogP) is 3.42. The fourth-order valence-electron chi connectivity index (χ4n) is 1.64. The molecule has 0 aromatic heterocycles. The molecule has 1 atom stereocenters. The molecule has 1 rings (SSSR count). The molecule has 1 unspecified atom stereocenters. The zero-order chi connectivity index (χ0) is 12.9. The van der Waals surface area contributed by atoms with Gasteiger partial charge in [0.05, 0.1) is 5.69 Å². The summed E-state index contributed by atoms with van der Waals surface area (Å²) in [5.74, 6) is 0. The molecule has 0 aliphatic rings. The number of nitrogens with zero attached hydrogens (tertiary/aromatic N) is 3. The zero-order valence-corrected chi connectivity index (χ0v) is 12.2. The van der Waals surface area contributed by atoms with Gasteiger partial charge in [-0.1, -0.05) is 25.1 Å². The van der Waals surface area contributed by atoms with Gasteiger partial charge in [0, 0.05) is 13.7 Å². The molecule has 0 aliphatic carbocycles. The monoisotopic (exact) mass is 255 g/mol. The Hall–Kier alpha value is -0.670. The van der Waals surface area contributed by atoms with Gasteiger partial charge in [0.25, 0.3) is 0 Å². The van der Waals surface area contributed by atoms with Crippen LogP contribution in [0.15, 0.2) is 35.1 Å². The third kappa shape index (κ3) is 3.17. The van der Waals surface area contributed by atoms with Gasteiger partial charge in [-0.2, -0.15) is 0 Å². The lowest BCUT2D eigenvalue weighted by Gasteiger charge is -2.35. The number of rotatable bonds is 5. The summed E-state index contributed by atoms with van der Waals surface area (Å²) in [6.45, 7) is 3.01. The molecular formula is C12H22N3OP. The highest BCUT2D eigenvalue weighted by Gasteiger charge is 2.27. The quantitative estimate of drug-likeness (QED) is 0.755. The highest BCUT2D eigenvalue weighted by atomic mass is 31.2. The highest BCUT2D eigenvalue weighted by molar-refractivity contribution is 7.56. The van der Waals surface area contributed by atoms with Gasteiger partial charge >= 0.3 is 0 Å². The van der Waals surface area contributed by atoms with Crippen molar-refractivity contribution in [2.75, 3.05) is 34.8 Å². The SMILES string of the molecule is CCN(C)P(=Nc1ccccc1)(OC)N(C)C. The standard InChI is InChI=1S/C12H22N3OP/c1-6-15(4)17(16-5,14(2)3)13-12-10-8-7-9-11-12/h7-11H,6H2,1-5H3. The van der Waals surface area contributed by atoms with E-state index in [2.05, 4.69) is 16.3 Å². The molecule has 0 saturated carbocycles. The maximum absolute atomic E-state index is 5.75. The molecule has 0 N–H and O–H groups in total. The van der Waals surface area contributed by atoms with Gasteiger partial charge in [-0.3, -0.25) is 0 Å². The van der Waals surface area contributed by atoms with Crippen LogP contribution in [0.25, 0.3) is 0 Å². The van der Waals surface area contributed by atoms with Crippen LogP contribution in [0.5, 0.6) is 0 Å². The molecule has 0 fully saturated rings. The molecule has 0 radical (unpaired) electrons. The first-order chi connectivity index (χ1) is 8.06. The second-order valence-corrected chi connectivity index (χ2v) is 7.03. The van der Waals surface area contributed by atoms with Crippen LogP contribution in [0.4, 0.5) is 5.69 Å². The van der Waals surface area contributed by atoms with Crippen LogP contribution in [0.3, 0.4) is 0 Å². The summed E-state index contributed by atoms with van der Waals surface area (Å²) in [7, 11) is 5.72. The van der Waals surface area contributed by atoms with Gasteiger partial charge in [0.2, 0.25) is 7.58 Å². The smallest absolute Gasteiger partial charge is 0.231 e. The molecule has 0 saturated heterocycles. The van der Waals surface area contributed by atoms with Crippen molar-refractivity contribution >= 4 is 13.3 Å². The van der Waals surface area contributed by atoms with Crippen molar-refractivity contribution in [2.45, 2.75) is 6.92 Å². The molecular weight excluding hydrogens is 233 g/mol. The Morgan fingerprint density at radius 2 is 1.76 bits per heavy atom. The van der Waals surface area contributed by atoms with Crippen molar-refractivity contribution in [3.8, 4) is 0 Å². The van der Waals surface area contributed by atoms with Gasteiger partial charge < -0.3 is 4.52 Å². The largest absolute Gasteiger partial charge is 0.324 e. The Morgan fingerprint density at radius 1 is 1.18 bits per heavy atom. The van der Waals surface area contributed by atoms with E-state index in [0.717, 1.165) is 12.2 Å². The zero-order valence-electron chi connectivity index (χ0n) is 11.3. The number of benzene rings is 1. The molecule has 0 amide bonds. The summed E-state index contributed by atoms with van der Waals surface area (Å²) in [4.78, 5) is 0. The van der Waals surface area contributed by atoms with Crippen LogP contribution in [-0.4, -0.2) is 44.1 Å². The van der Waals surface area contributed by atoms with Gasteiger partial charge in [-0.05, 0) is 33.3 Å². The Kier molecular flexibility index (Phi) is 5.34. The maximum Gasteiger partial charge on any atom is 0.231 e. The first-order valence-electron chi connectivity index (χ1n) is 5.69. The summed E-state index contributed by atoms with van der Waals surface area (Å²) in [5.41, 5.74) is 0.955. The molecule has 4 nitrogen and oxygen atoms in total. The van der Waals surface area contributed by atoms with Crippen LogP contribution in [0.2, 0.25) is 0 Å². The lowest BCUT2D eigenvalue weighted by atomic mass is 10.3. The van der Waals surface area contributed by atoms with E-state index in [0.29, 0.717) is 0 Å². The fourth-order valence-corrected chi connectivity index (χ4v) is 4.08. The molecule has 0 aliphatic heterocycles. The number of hydrogen-bond acceptors (Lipinski definition) is 2. The van der Waals surface area contributed by atoms with Crippen LogP contribution in [-0.2, 0) is 4.52 Å². The Morgan fingerprint density at radius 3 is 2.18 bits per heavy atom. The minimum Gasteiger partial charge on any atom is -0.324 e. The Labute approximate surface area is 104 Å². The van der Waals surface area contributed by atoms with E-state index < -0.39 is 7.58 Å². The average molecular weight is 255 g/mol. The van der Waals surface area contributed by atoms with Gasteiger partial charge in [-0.15, -0.1) is 0 Å². The maximum atomic E-state index is 5.75. The summed E-state index contributed by atoms with van der Waals surface area (Å²) < 4.78 is 14.8. The fraction of sp³-hybridized carbons (Fsp3) is 0.500. The van der Waals surface area contributed by atoms with Crippen molar-refractivity contribution in [2.24, 2.45) is 4.74 Å². The van der Waals surface area contributed by atoms with Crippen LogP contribution in [0, 0.1) is 0 Å². The number of hydrogen-bond donors (Lipinski definition) is 0. The minimum atomic E-state index is -2.07. The first kappa shape index (κ1) is 14.4. The van der Waals surface area contributed by atoms with E-state index in [1.54, 1.807) is 7.11 Å². The van der Waals surface area contributed by atoms with Crippen LogP contribution in [0.1, 0.15) is 6.92 Å². The molecule has 1 aromatic rings. The van der Waals surface area contributed by atoms with E-state index in [-0.39, 0.29) is 0 Å². The van der Waals surface area contributed by atoms with Gasteiger partial charge in [0.1, 0.15) is 0 Å². The lowest BCUT2D eigenvalue weighted by molar-refractivity contribution is 0.342. The molecule has 0 spiro atoms. The average Bonchev–Trinajstić information content (AvgIpc) is 2.36. The van der Waals surface area contributed by atoms with Gasteiger partial charge in [0.15, 0.2) is 0 Å². The summed E-state index contributed by atoms with van der Waals surface area (Å²) >= 11 is 0. The molecule has 96 valence electrons.